The number of hydrogen-bond donors (Lipinski definition) is 2. The summed E-state index contributed by atoms with van der Waals surface area (Å²) in [5, 5.41) is 7.03. The molecule has 2 aromatic rings. The van der Waals surface area contributed by atoms with E-state index in [1.807, 2.05) is 18.8 Å². The molecule has 0 amide bonds. The molecule has 1 heterocycles. The van der Waals surface area contributed by atoms with Gasteiger partial charge in [-0.3, -0.25) is 9.89 Å². The second-order valence-corrected chi connectivity index (χ2v) is 8.01. The largest absolute Gasteiger partial charge is 0.356 e. The maximum atomic E-state index is 4.39. The maximum absolute atomic E-state index is 4.39. The van der Waals surface area contributed by atoms with Crippen molar-refractivity contribution in [2.45, 2.75) is 30.3 Å². The minimum atomic E-state index is 0. The molecular formula is C22H31IN4S. The summed E-state index contributed by atoms with van der Waals surface area (Å²) in [7, 11) is 1.85. The fourth-order valence-corrected chi connectivity index (χ4v) is 4.11. The monoisotopic (exact) mass is 510 g/mol. The standard InChI is InChI=1S/C22H30N4S.HI/c1-23-22(24-14-17-27-21-10-6-3-7-11-21)25-20-12-15-26(16-13-20)18-19-8-4-2-5-9-19;/h2-11,20H,12-18H2,1H3,(H2,23,24,25);1H. The molecule has 3 rings (SSSR count). The van der Waals surface area contributed by atoms with E-state index in [0.717, 1.165) is 50.7 Å². The smallest absolute Gasteiger partial charge is 0.191 e. The first-order chi connectivity index (χ1) is 13.3. The Kier molecular flexibility index (Phi) is 10.7. The van der Waals surface area contributed by atoms with E-state index in [1.54, 1.807) is 0 Å². The summed E-state index contributed by atoms with van der Waals surface area (Å²) in [5.41, 5.74) is 1.40. The van der Waals surface area contributed by atoms with E-state index in [-0.39, 0.29) is 24.0 Å². The highest BCUT2D eigenvalue weighted by Gasteiger charge is 2.19. The summed E-state index contributed by atoms with van der Waals surface area (Å²) in [4.78, 5) is 8.24. The number of aliphatic imine (C=N–C) groups is 1. The Balaban J connectivity index is 0.00000280. The highest BCUT2D eigenvalue weighted by atomic mass is 127. The molecular weight excluding hydrogens is 479 g/mol. The number of benzene rings is 2. The van der Waals surface area contributed by atoms with Crippen molar-refractivity contribution in [1.29, 1.82) is 0 Å². The van der Waals surface area contributed by atoms with Gasteiger partial charge in [0.15, 0.2) is 5.96 Å². The Morgan fingerprint density at radius 1 is 1.04 bits per heavy atom. The highest BCUT2D eigenvalue weighted by molar-refractivity contribution is 14.0. The van der Waals surface area contributed by atoms with Crippen LogP contribution in [0.5, 0.6) is 0 Å². The molecule has 2 N–H and O–H groups in total. The second kappa shape index (κ2) is 13.1. The minimum Gasteiger partial charge on any atom is -0.356 e. The van der Waals surface area contributed by atoms with Crippen LogP contribution in [0.25, 0.3) is 0 Å². The fraction of sp³-hybridized carbons (Fsp3) is 0.409. The van der Waals surface area contributed by atoms with Gasteiger partial charge >= 0.3 is 0 Å². The minimum absolute atomic E-state index is 0. The van der Waals surface area contributed by atoms with Gasteiger partial charge < -0.3 is 10.6 Å². The van der Waals surface area contributed by atoms with Gasteiger partial charge in [-0.25, -0.2) is 0 Å². The Morgan fingerprint density at radius 3 is 2.32 bits per heavy atom. The number of hydrogen-bond acceptors (Lipinski definition) is 3. The Bertz CT molecular complexity index is 688. The van der Waals surface area contributed by atoms with Crippen molar-refractivity contribution in [2.75, 3.05) is 32.4 Å². The van der Waals surface area contributed by atoms with Crippen molar-refractivity contribution in [3.63, 3.8) is 0 Å². The van der Waals surface area contributed by atoms with Crippen molar-refractivity contribution in [2.24, 2.45) is 4.99 Å². The fourth-order valence-electron chi connectivity index (χ4n) is 3.32. The van der Waals surface area contributed by atoms with Gasteiger partial charge in [-0.05, 0) is 30.5 Å². The lowest BCUT2D eigenvalue weighted by Gasteiger charge is -2.33. The first-order valence-corrected chi connectivity index (χ1v) is 10.7. The maximum Gasteiger partial charge on any atom is 0.191 e. The van der Waals surface area contributed by atoms with Crippen LogP contribution >= 0.6 is 35.7 Å². The first kappa shape index (κ1) is 23.0. The molecule has 1 fully saturated rings. The van der Waals surface area contributed by atoms with Gasteiger partial charge in [0, 0.05) is 49.9 Å². The van der Waals surface area contributed by atoms with Gasteiger partial charge in [0.2, 0.25) is 0 Å². The number of piperidine rings is 1. The zero-order valence-electron chi connectivity index (χ0n) is 16.5. The number of halogens is 1. The molecule has 152 valence electrons. The van der Waals surface area contributed by atoms with E-state index in [2.05, 4.69) is 81.2 Å². The zero-order valence-corrected chi connectivity index (χ0v) is 19.7. The van der Waals surface area contributed by atoms with E-state index in [9.17, 15) is 0 Å². The van der Waals surface area contributed by atoms with E-state index in [0.29, 0.717) is 6.04 Å². The van der Waals surface area contributed by atoms with E-state index in [1.165, 1.54) is 10.5 Å². The average Bonchev–Trinajstić information content (AvgIpc) is 2.73. The van der Waals surface area contributed by atoms with Crippen molar-refractivity contribution >= 4 is 41.7 Å². The van der Waals surface area contributed by atoms with Gasteiger partial charge in [0.05, 0.1) is 0 Å². The topological polar surface area (TPSA) is 39.7 Å². The molecule has 0 aliphatic carbocycles. The molecule has 0 bridgehead atoms. The van der Waals surface area contributed by atoms with Crippen molar-refractivity contribution in [3.05, 3.63) is 66.2 Å². The zero-order chi connectivity index (χ0) is 18.7. The third-order valence-corrected chi connectivity index (χ3v) is 5.82. The van der Waals surface area contributed by atoms with Gasteiger partial charge in [-0.2, -0.15) is 0 Å². The van der Waals surface area contributed by atoms with Crippen molar-refractivity contribution < 1.29 is 0 Å². The van der Waals surface area contributed by atoms with Crippen LogP contribution in [0.2, 0.25) is 0 Å². The van der Waals surface area contributed by atoms with Crippen molar-refractivity contribution in [1.82, 2.24) is 15.5 Å². The van der Waals surface area contributed by atoms with Gasteiger partial charge in [-0.1, -0.05) is 48.5 Å². The summed E-state index contributed by atoms with van der Waals surface area (Å²) in [6, 6.07) is 21.8. The van der Waals surface area contributed by atoms with Crippen LogP contribution in [0.1, 0.15) is 18.4 Å². The predicted octanol–water partition coefficient (Wildman–Crippen LogP) is 4.23. The molecule has 0 spiro atoms. The van der Waals surface area contributed by atoms with Gasteiger partial charge in [0.1, 0.15) is 0 Å². The summed E-state index contributed by atoms with van der Waals surface area (Å²) in [5.74, 6) is 1.95. The Labute approximate surface area is 190 Å². The molecule has 4 nitrogen and oxygen atoms in total. The van der Waals surface area contributed by atoms with Crippen LogP contribution < -0.4 is 10.6 Å². The molecule has 28 heavy (non-hydrogen) atoms. The van der Waals surface area contributed by atoms with E-state index >= 15 is 0 Å². The molecule has 1 aliphatic rings. The number of likely N-dealkylation sites (tertiary alicyclic amines) is 1. The second-order valence-electron chi connectivity index (χ2n) is 6.84. The molecule has 6 heteroatoms. The van der Waals surface area contributed by atoms with E-state index in [4.69, 9.17) is 0 Å². The van der Waals surface area contributed by atoms with Crippen LogP contribution in [0.15, 0.2) is 70.6 Å². The summed E-state index contributed by atoms with van der Waals surface area (Å²) in [6.45, 7) is 4.23. The van der Waals surface area contributed by atoms with Crippen LogP contribution in [0.4, 0.5) is 0 Å². The molecule has 1 aliphatic heterocycles. The first-order valence-electron chi connectivity index (χ1n) is 9.75. The summed E-state index contributed by atoms with van der Waals surface area (Å²) >= 11 is 1.87. The SMILES string of the molecule is CN=C(NCCSc1ccccc1)NC1CCN(Cc2ccccc2)CC1.I. The molecule has 1 saturated heterocycles. The average molecular weight is 510 g/mol. The molecule has 0 radical (unpaired) electrons. The number of nitrogens with zero attached hydrogens (tertiary/aromatic N) is 2. The van der Waals surface area contributed by atoms with E-state index < -0.39 is 0 Å². The van der Waals surface area contributed by atoms with Crippen LogP contribution in [0, 0.1) is 0 Å². The molecule has 0 unspecified atom stereocenters. The van der Waals surface area contributed by atoms with Crippen LogP contribution in [-0.4, -0.2) is 49.3 Å². The van der Waals surface area contributed by atoms with Crippen LogP contribution in [0.3, 0.4) is 0 Å². The summed E-state index contributed by atoms with van der Waals surface area (Å²) < 4.78 is 0. The lowest BCUT2D eigenvalue weighted by atomic mass is 10.0. The molecule has 0 saturated carbocycles. The molecule has 0 atom stereocenters. The van der Waals surface area contributed by atoms with Crippen molar-refractivity contribution in [3.8, 4) is 0 Å². The Hall–Kier alpha value is -1.25. The number of nitrogens with one attached hydrogen (secondary N) is 2. The normalized spacial score (nSPS) is 15.7. The highest BCUT2D eigenvalue weighted by Crippen LogP contribution is 2.16. The number of guanidine groups is 1. The third kappa shape index (κ3) is 8.01. The molecule has 0 aromatic heterocycles. The lowest BCUT2D eigenvalue weighted by Crippen LogP contribution is -2.48. The van der Waals surface area contributed by atoms with Gasteiger partial charge in [0.25, 0.3) is 0 Å². The number of rotatable bonds is 7. The Morgan fingerprint density at radius 2 is 1.68 bits per heavy atom. The quantitative estimate of drug-likeness (QED) is 0.192. The van der Waals surface area contributed by atoms with Gasteiger partial charge in [-0.15, -0.1) is 35.7 Å². The lowest BCUT2D eigenvalue weighted by molar-refractivity contribution is 0.198. The number of thioether (sulfide) groups is 1. The van der Waals surface area contributed by atoms with Crippen LogP contribution in [-0.2, 0) is 6.54 Å². The predicted molar refractivity (Wildman–Crippen MR) is 132 cm³/mol. The molecule has 2 aromatic carbocycles. The third-order valence-electron chi connectivity index (χ3n) is 4.81. The summed E-state index contributed by atoms with van der Waals surface area (Å²) in [6.07, 6.45) is 2.32.